The molecule has 2 atom stereocenters. The van der Waals surface area contributed by atoms with Crippen molar-refractivity contribution in [1.82, 2.24) is 10.2 Å². The van der Waals surface area contributed by atoms with E-state index in [2.05, 4.69) is 53.6 Å². The number of carbonyl (C=O) groups excluding carboxylic acids is 1. The quantitative estimate of drug-likeness (QED) is 0.800. The number of benzene rings is 2. The Morgan fingerprint density at radius 2 is 1.71 bits per heavy atom. The Hall–Kier alpha value is -2.57. The number of para-hydroxylation sites is 2. The SMILES string of the molecule is COc1ccccc1NC(=O)NCc1ccc(CN2CC(C)OC(C)C2)cc1. The summed E-state index contributed by atoms with van der Waals surface area (Å²) in [6, 6.07) is 15.4. The summed E-state index contributed by atoms with van der Waals surface area (Å²) in [4.78, 5) is 14.6. The van der Waals surface area contributed by atoms with E-state index in [4.69, 9.17) is 9.47 Å². The van der Waals surface area contributed by atoms with Crippen molar-refractivity contribution in [2.45, 2.75) is 39.1 Å². The topological polar surface area (TPSA) is 62.8 Å². The van der Waals surface area contributed by atoms with E-state index in [9.17, 15) is 4.79 Å². The fourth-order valence-corrected chi connectivity index (χ4v) is 3.53. The zero-order valence-corrected chi connectivity index (χ0v) is 16.8. The second-order valence-electron chi connectivity index (χ2n) is 7.28. The van der Waals surface area contributed by atoms with Crippen LogP contribution in [-0.4, -0.2) is 43.3 Å². The first kappa shape index (κ1) is 20.2. The number of anilines is 1. The molecule has 2 aromatic rings. The third kappa shape index (κ3) is 5.71. The summed E-state index contributed by atoms with van der Waals surface area (Å²) >= 11 is 0. The van der Waals surface area contributed by atoms with Crippen LogP contribution in [0, 0.1) is 0 Å². The van der Waals surface area contributed by atoms with Gasteiger partial charge >= 0.3 is 6.03 Å². The van der Waals surface area contributed by atoms with E-state index in [1.807, 2.05) is 18.2 Å². The number of ether oxygens (including phenoxy) is 2. The van der Waals surface area contributed by atoms with Gasteiger partial charge in [0.1, 0.15) is 5.75 Å². The second kappa shape index (κ2) is 9.57. The number of urea groups is 1. The standard InChI is InChI=1S/C22H29N3O3/c1-16-13-25(14-17(2)28-16)15-19-10-8-18(9-11-19)12-23-22(26)24-20-6-4-5-7-21(20)27-3/h4-11,16-17H,12-15H2,1-3H3,(H2,23,24,26). The average Bonchev–Trinajstić information content (AvgIpc) is 2.67. The average molecular weight is 383 g/mol. The highest BCUT2D eigenvalue weighted by Gasteiger charge is 2.21. The Morgan fingerprint density at radius 1 is 1.07 bits per heavy atom. The van der Waals surface area contributed by atoms with Gasteiger partial charge < -0.3 is 20.1 Å². The van der Waals surface area contributed by atoms with Gasteiger partial charge in [-0.05, 0) is 37.1 Å². The Labute approximate surface area is 166 Å². The molecule has 2 aromatic carbocycles. The summed E-state index contributed by atoms with van der Waals surface area (Å²) in [5.41, 5.74) is 2.97. The molecule has 150 valence electrons. The van der Waals surface area contributed by atoms with Crippen LogP contribution >= 0.6 is 0 Å². The van der Waals surface area contributed by atoms with Crippen LogP contribution in [0.15, 0.2) is 48.5 Å². The minimum absolute atomic E-state index is 0.259. The van der Waals surface area contributed by atoms with E-state index in [0.29, 0.717) is 18.0 Å². The van der Waals surface area contributed by atoms with Crippen molar-refractivity contribution in [2.75, 3.05) is 25.5 Å². The normalized spacial score (nSPS) is 19.8. The third-order valence-electron chi connectivity index (χ3n) is 4.73. The molecule has 0 aliphatic carbocycles. The van der Waals surface area contributed by atoms with Gasteiger partial charge in [-0.1, -0.05) is 36.4 Å². The van der Waals surface area contributed by atoms with Crippen LogP contribution in [0.1, 0.15) is 25.0 Å². The summed E-state index contributed by atoms with van der Waals surface area (Å²) in [5, 5.41) is 5.69. The number of hydrogen-bond donors (Lipinski definition) is 2. The maximum atomic E-state index is 12.1. The maximum Gasteiger partial charge on any atom is 0.319 e. The molecule has 2 amide bonds. The van der Waals surface area contributed by atoms with E-state index in [1.165, 1.54) is 5.56 Å². The van der Waals surface area contributed by atoms with Crippen molar-refractivity contribution in [3.05, 3.63) is 59.7 Å². The monoisotopic (exact) mass is 383 g/mol. The minimum atomic E-state index is -0.259. The zero-order valence-electron chi connectivity index (χ0n) is 16.8. The second-order valence-corrected chi connectivity index (χ2v) is 7.28. The lowest BCUT2D eigenvalue weighted by atomic mass is 10.1. The highest BCUT2D eigenvalue weighted by molar-refractivity contribution is 5.90. The number of nitrogens with one attached hydrogen (secondary N) is 2. The van der Waals surface area contributed by atoms with Gasteiger partial charge in [0.2, 0.25) is 0 Å². The summed E-state index contributed by atoms with van der Waals surface area (Å²) in [7, 11) is 1.58. The number of carbonyl (C=O) groups is 1. The molecule has 1 aliphatic rings. The molecule has 2 N–H and O–H groups in total. The molecule has 0 bridgehead atoms. The summed E-state index contributed by atoms with van der Waals surface area (Å²) in [6.45, 7) is 7.53. The van der Waals surface area contributed by atoms with Gasteiger partial charge in [-0.2, -0.15) is 0 Å². The summed E-state index contributed by atoms with van der Waals surface area (Å²) in [6.07, 6.45) is 0.544. The smallest absolute Gasteiger partial charge is 0.319 e. The molecule has 1 saturated heterocycles. The predicted molar refractivity (Wildman–Crippen MR) is 111 cm³/mol. The first-order valence-corrected chi connectivity index (χ1v) is 9.67. The molecule has 6 heteroatoms. The Morgan fingerprint density at radius 3 is 2.39 bits per heavy atom. The molecule has 1 heterocycles. The van der Waals surface area contributed by atoms with Gasteiger partial charge in [-0.3, -0.25) is 4.90 Å². The van der Waals surface area contributed by atoms with E-state index in [0.717, 1.165) is 25.2 Å². The van der Waals surface area contributed by atoms with E-state index in [-0.39, 0.29) is 18.2 Å². The Balaban J connectivity index is 1.48. The number of hydrogen-bond acceptors (Lipinski definition) is 4. The van der Waals surface area contributed by atoms with Crippen molar-refractivity contribution < 1.29 is 14.3 Å². The van der Waals surface area contributed by atoms with Crippen LogP contribution in [-0.2, 0) is 17.8 Å². The Kier molecular flexibility index (Phi) is 6.90. The third-order valence-corrected chi connectivity index (χ3v) is 4.73. The summed E-state index contributed by atoms with van der Waals surface area (Å²) in [5.74, 6) is 0.633. The van der Waals surface area contributed by atoms with Gasteiger partial charge in [0.15, 0.2) is 0 Å². The number of methoxy groups -OCH3 is 1. The fraction of sp³-hybridized carbons (Fsp3) is 0.409. The zero-order chi connectivity index (χ0) is 19.9. The van der Waals surface area contributed by atoms with Crippen LogP contribution in [0.4, 0.5) is 10.5 Å². The minimum Gasteiger partial charge on any atom is -0.495 e. The van der Waals surface area contributed by atoms with Crippen molar-refractivity contribution in [3.8, 4) is 5.75 Å². The number of morpholine rings is 1. The van der Waals surface area contributed by atoms with Crippen molar-refractivity contribution in [2.24, 2.45) is 0 Å². The number of nitrogens with zero attached hydrogens (tertiary/aromatic N) is 1. The number of amides is 2. The molecule has 0 spiro atoms. The number of rotatable bonds is 6. The first-order valence-electron chi connectivity index (χ1n) is 9.67. The maximum absolute atomic E-state index is 12.1. The Bertz CT molecular complexity index is 769. The lowest BCUT2D eigenvalue weighted by Crippen LogP contribution is -2.44. The molecule has 0 saturated carbocycles. The molecule has 6 nitrogen and oxygen atoms in total. The molecule has 28 heavy (non-hydrogen) atoms. The van der Waals surface area contributed by atoms with Crippen molar-refractivity contribution in [3.63, 3.8) is 0 Å². The van der Waals surface area contributed by atoms with E-state index in [1.54, 1.807) is 13.2 Å². The van der Waals surface area contributed by atoms with Crippen molar-refractivity contribution in [1.29, 1.82) is 0 Å². The molecule has 2 unspecified atom stereocenters. The highest BCUT2D eigenvalue weighted by Crippen LogP contribution is 2.22. The predicted octanol–water partition coefficient (Wildman–Crippen LogP) is 3.63. The van der Waals surface area contributed by atoms with Crippen molar-refractivity contribution >= 4 is 11.7 Å². The van der Waals surface area contributed by atoms with Gasteiger partial charge in [-0.15, -0.1) is 0 Å². The molecule has 1 fully saturated rings. The van der Waals surface area contributed by atoms with Crippen LogP contribution in [0.5, 0.6) is 5.75 Å². The van der Waals surface area contributed by atoms with Gasteiger partial charge in [-0.25, -0.2) is 4.79 Å². The molecule has 1 aliphatic heterocycles. The fourth-order valence-electron chi connectivity index (χ4n) is 3.53. The van der Waals surface area contributed by atoms with Gasteiger partial charge in [0.05, 0.1) is 25.0 Å². The van der Waals surface area contributed by atoms with Crippen LogP contribution < -0.4 is 15.4 Å². The van der Waals surface area contributed by atoms with Gasteiger partial charge in [0, 0.05) is 26.2 Å². The lowest BCUT2D eigenvalue weighted by Gasteiger charge is -2.35. The van der Waals surface area contributed by atoms with Gasteiger partial charge in [0.25, 0.3) is 0 Å². The van der Waals surface area contributed by atoms with Crippen LogP contribution in [0.25, 0.3) is 0 Å². The van der Waals surface area contributed by atoms with Crippen LogP contribution in [0.2, 0.25) is 0 Å². The molecular weight excluding hydrogens is 354 g/mol. The highest BCUT2D eigenvalue weighted by atomic mass is 16.5. The molecular formula is C22H29N3O3. The first-order chi connectivity index (χ1) is 13.5. The van der Waals surface area contributed by atoms with E-state index < -0.39 is 0 Å². The molecule has 3 rings (SSSR count). The largest absolute Gasteiger partial charge is 0.495 e. The van der Waals surface area contributed by atoms with Crippen LogP contribution in [0.3, 0.4) is 0 Å². The molecule has 0 radical (unpaired) electrons. The molecule has 0 aromatic heterocycles. The van der Waals surface area contributed by atoms with E-state index >= 15 is 0 Å². The summed E-state index contributed by atoms with van der Waals surface area (Å²) < 4.78 is 11.0. The lowest BCUT2D eigenvalue weighted by molar-refractivity contribution is -0.0704.